The van der Waals surface area contributed by atoms with E-state index >= 15 is 0 Å². The maximum absolute atomic E-state index is 11.2. The zero-order valence-electron chi connectivity index (χ0n) is 10.9. The number of unbranched alkanes of at least 4 members (excludes halogenated alkanes) is 1. The molecule has 0 aliphatic heterocycles. The fourth-order valence-corrected chi connectivity index (χ4v) is 2.92. The van der Waals surface area contributed by atoms with E-state index in [9.17, 15) is 9.90 Å². The summed E-state index contributed by atoms with van der Waals surface area (Å²) in [6.45, 7) is 2.04. The third-order valence-corrected chi connectivity index (χ3v) is 3.99. The molecule has 0 radical (unpaired) electrons. The second-order valence-electron chi connectivity index (χ2n) is 4.14. The van der Waals surface area contributed by atoms with Crippen molar-refractivity contribution in [2.24, 2.45) is 0 Å². The average molecular weight is 395 g/mol. The van der Waals surface area contributed by atoms with E-state index in [0.717, 1.165) is 21.8 Å². The Morgan fingerprint density at radius 3 is 2.63 bits per heavy atom. The minimum absolute atomic E-state index is 0.594. The second kappa shape index (κ2) is 7.75. The van der Waals surface area contributed by atoms with Crippen molar-refractivity contribution < 1.29 is 14.6 Å². The van der Waals surface area contributed by atoms with Gasteiger partial charge in [0.1, 0.15) is 11.8 Å². The number of hydrogen-bond donors (Lipinski definition) is 2. The molecule has 0 aromatic heterocycles. The number of anilines is 1. The third-order valence-electron chi connectivity index (χ3n) is 2.72. The lowest BCUT2D eigenvalue weighted by Gasteiger charge is -2.17. The van der Waals surface area contributed by atoms with Gasteiger partial charge in [-0.3, -0.25) is 0 Å². The van der Waals surface area contributed by atoms with E-state index in [1.807, 2.05) is 13.0 Å². The van der Waals surface area contributed by atoms with Crippen LogP contribution in [0.5, 0.6) is 5.75 Å². The van der Waals surface area contributed by atoms with Gasteiger partial charge in [0.05, 0.1) is 17.3 Å². The molecule has 1 atom stereocenters. The zero-order chi connectivity index (χ0) is 14.4. The molecule has 19 heavy (non-hydrogen) atoms. The van der Waals surface area contributed by atoms with Crippen molar-refractivity contribution in [3.05, 3.63) is 21.1 Å². The molecule has 0 spiro atoms. The molecule has 1 unspecified atom stereocenters. The van der Waals surface area contributed by atoms with Crippen LogP contribution in [0.4, 0.5) is 5.69 Å². The zero-order valence-corrected chi connectivity index (χ0v) is 14.0. The summed E-state index contributed by atoms with van der Waals surface area (Å²) in [5.74, 6) is -0.187. The lowest BCUT2D eigenvalue weighted by Crippen LogP contribution is -2.29. The number of carbonyl (C=O) groups is 1. The van der Waals surface area contributed by atoms with Crippen LogP contribution in [-0.2, 0) is 4.79 Å². The second-order valence-corrected chi connectivity index (χ2v) is 5.85. The standard InChI is InChI=1S/C13H17Br2NO3/c1-3-4-5-10(13(17)18)16-11-7-12(19-2)9(15)6-8(11)14/h6-7,10,16H,3-5H2,1-2H3,(H,17,18). The number of benzene rings is 1. The van der Waals surface area contributed by atoms with Gasteiger partial charge < -0.3 is 15.2 Å². The Kier molecular flexibility index (Phi) is 6.65. The quantitative estimate of drug-likeness (QED) is 0.724. The molecule has 1 aromatic carbocycles. The van der Waals surface area contributed by atoms with E-state index in [1.54, 1.807) is 13.2 Å². The van der Waals surface area contributed by atoms with Gasteiger partial charge in [-0.15, -0.1) is 0 Å². The van der Waals surface area contributed by atoms with Crippen molar-refractivity contribution in [2.75, 3.05) is 12.4 Å². The van der Waals surface area contributed by atoms with Crippen molar-refractivity contribution in [1.29, 1.82) is 0 Å². The largest absolute Gasteiger partial charge is 0.495 e. The van der Waals surface area contributed by atoms with Crippen LogP contribution in [0.2, 0.25) is 0 Å². The molecule has 0 saturated carbocycles. The number of aliphatic carboxylic acids is 1. The average Bonchev–Trinajstić information content (AvgIpc) is 2.36. The van der Waals surface area contributed by atoms with Gasteiger partial charge in [0.15, 0.2) is 0 Å². The topological polar surface area (TPSA) is 58.6 Å². The molecule has 0 aliphatic rings. The smallest absolute Gasteiger partial charge is 0.326 e. The molecule has 2 N–H and O–H groups in total. The van der Waals surface area contributed by atoms with E-state index in [2.05, 4.69) is 37.2 Å². The minimum Gasteiger partial charge on any atom is -0.495 e. The molecule has 0 saturated heterocycles. The highest BCUT2D eigenvalue weighted by Gasteiger charge is 2.18. The Morgan fingerprint density at radius 1 is 1.42 bits per heavy atom. The van der Waals surface area contributed by atoms with Crippen LogP contribution in [0.25, 0.3) is 0 Å². The number of halogens is 2. The van der Waals surface area contributed by atoms with Crippen LogP contribution >= 0.6 is 31.9 Å². The first kappa shape index (κ1) is 16.3. The van der Waals surface area contributed by atoms with Gasteiger partial charge in [-0.2, -0.15) is 0 Å². The van der Waals surface area contributed by atoms with E-state index in [-0.39, 0.29) is 0 Å². The van der Waals surface area contributed by atoms with Gasteiger partial charge in [0.25, 0.3) is 0 Å². The first-order valence-electron chi connectivity index (χ1n) is 6.02. The van der Waals surface area contributed by atoms with Gasteiger partial charge in [0.2, 0.25) is 0 Å². The molecule has 0 aliphatic carbocycles. The predicted octanol–water partition coefficient (Wildman–Crippen LogP) is 4.28. The molecule has 6 heteroatoms. The molecule has 4 nitrogen and oxygen atoms in total. The number of hydrogen-bond acceptors (Lipinski definition) is 3. The minimum atomic E-state index is -0.845. The van der Waals surface area contributed by atoms with Crippen molar-refractivity contribution in [2.45, 2.75) is 32.2 Å². The van der Waals surface area contributed by atoms with Crippen LogP contribution < -0.4 is 10.1 Å². The summed E-state index contributed by atoms with van der Waals surface area (Å²) < 4.78 is 6.82. The monoisotopic (exact) mass is 393 g/mol. The Balaban J connectivity index is 2.92. The van der Waals surface area contributed by atoms with Gasteiger partial charge in [-0.25, -0.2) is 4.79 Å². The number of rotatable bonds is 7. The van der Waals surface area contributed by atoms with Crippen LogP contribution in [0.3, 0.4) is 0 Å². The molecule has 106 valence electrons. The number of ether oxygens (including phenoxy) is 1. The van der Waals surface area contributed by atoms with Gasteiger partial charge in [0, 0.05) is 10.5 Å². The fraction of sp³-hybridized carbons (Fsp3) is 0.462. The fourth-order valence-electron chi connectivity index (χ4n) is 1.65. The third kappa shape index (κ3) is 4.69. The van der Waals surface area contributed by atoms with Crippen molar-refractivity contribution >= 4 is 43.5 Å². The van der Waals surface area contributed by atoms with Crippen molar-refractivity contribution in [3.63, 3.8) is 0 Å². The van der Waals surface area contributed by atoms with E-state index < -0.39 is 12.0 Å². The first-order chi connectivity index (χ1) is 8.99. The highest BCUT2D eigenvalue weighted by molar-refractivity contribution is 9.11. The maximum atomic E-state index is 11.2. The van der Waals surface area contributed by atoms with E-state index in [4.69, 9.17) is 4.74 Å². The molecule has 1 aromatic rings. The number of nitrogens with one attached hydrogen (secondary N) is 1. The highest BCUT2D eigenvalue weighted by Crippen LogP contribution is 2.35. The van der Waals surface area contributed by atoms with Crippen LogP contribution in [-0.4, -0.2) is 24.2 Å². The Bertz CT molecular complexity index is 452. The summed E-state index contributed by atoms with van der Waals surface area (Å²) in [7, 11) is 1.57. The Labute approximate surface area is 129 Å². The molecule has 0 fully saturated rings. The van der Waals surface area contributed by atoms with Crippen LogP contribution in [0, 0.1) is 0 Å². The summed E-state index contributed by atoms with van der Waals surface area (Å²) in [4.78, 5) is 11.2. The molecular weight excluding hydrogens is 378 g/mol. The van der Waals surface area contributed by atoms with Gasteiger partial charge >= 0.3 is 5.97 Å². The molecular formula is C13H17Br2NO3. The first-order valence-corrected chi connectivity index (χ1v) is 7.60. The number of carboxylic acid groups (broad SMARTS) is 1. The number of carboxylic acids is 1. The molecule has 1 rings (SSSR count). The van der Waals surface area contributed by atoms with Crippen molar-refractivity contribution in [1.82, 2.24) is 0 Å². The lowest BCUT2D eigenvalue weighted by atomic mass is 10.1. The molecule has 0 heterocycles. The Morgan fingerprint density at radius 2 is 2.11 bits per heavy atom. The van der Waals surface area contributed by atoms with Gasteiger partial charge in [-0.05, 0) is 44.3 Å². The normalized spacial score (nSPS) is 12.0. The SMILES string of the molecule is CCCCC(Nc1cc(OC)c(Br)cc1Br)C(=O)O. The summed E-state index contributed by atoms with van der Waals surface area (Å²) in [6, 6.07) is 3.01. The predicted molar refractivity (Wildman–Crippen MR) is 83.0 cm³/mol. The highest BCUT2D eigenvalue weighted by atomic mass is 79.9. The molecule has 0 amide bonds. The van der Waals surface area contributed by atoms with Gasteiger partial charge in [-0.1, -0.05) is 19.8 Å². The maximum Gasteiger partial charge on any atom is 0.326 e. The van der Waals surface area contributed by atoms with E-state index in [0.29, 0.717) is 17.9 Å². The molecule has 0 bridgehead atoms. The van der Waals surface area contributed by atoms with Crippen LogP contribution in [0.15, 0.2) is 21.1 Å². The Hall–Kier alpha value is -0.750. The summed E-state index contributed by atoms with van der Waals surface area (Å²) >= 11 is 6.79. The van der Waals surface area contributed by atoms with Crippen molar-refractivity contribution in [3.8, 4) is 5.75 Å². The summed E-state index contributed by atoms with van der Waals surface area (Å²) in [5.41, 5.74) is 0.712. The lowest BCUT2D eigenvalue weighted by molar-refractivity contribution is -0.138. The van der Waals surface area contributed by atoms with E-state index in [1.165, 1.54) is 0 Å². The summed E-state index contributed by atoms with van der Waals surface area (Å²) in [6.07, 6.45) is 2.43. The van der Waals surface area contributed by atoms with Crippen LogP contribution in [0.1, 0.15) is 26.2 Å². The number of methoxy groups -OCH3 is 1. The summed E-state index contributed by atoms with van der Waals surface area (Å²) in [5, 5.41) is 12.3.